The van der Waals surface area contributed by atoms with Crippen LogP contribution in [0, 0.1) is 6.92 Å². The Balaban J connectivity index is 1.66. The summed E-state index contributed by atoms with van der Waals surface area (Å²) in [5.74, 6) is 2.42. The third kappa shape index (κ3) is 3.83. The van der Waals surface area contributed by atoms with Crippen LogP contribution < -0.4 is 0 Å². The molecule has 22 heavy (non-hydrogen) atoms. The minimum Gasteiger partial charge on any atom is -0.378 e. The molecule has 0 radical (unpaired) electrons. The van der Waals surface area contributed by atoms with Gasteiger partial charge in [-0.1, -0.05) is 29.8 Å². The van der Waals surface area contributed by atoms with Gasteiger partial charge in [0.05, 0.1) is 19.8 Å². The van der Waals surface area contributed by atoms with Crippen LogP contribution in [0.25, 0.3) is 0 Å². The molecule has 0 saturated carbocycles. The topological polar surface area (TPSA) is 32.8 Å². The number of ether oxygens (including phenoxy) is 1. The SMILES string of the molecule is Cc1ccc([C@H]2CSCCN2CC(=O)N2CCOCC2)cc1. The third-order valence-corrected chi connectivity index (χ3v) is 5.43. The fourth-order valence-electron chi connectivity index (χ4n) is 3.01. The largest absolute Gasteiger partial charge is 0.378 e. The van der Waals surface area contributed by atoms with Crippen LogP contribution in [0.4, 0.5) is 0 Å². The zero-order valence-corrected chi connectivity index (χ0v) is 14.0. The third-order valence-electron chi connectivity index (χ3n) is 4.40. The van der Waals surface area contributed by atoms with Crippen LogP contribution in [0.3, 0.4) is 0 Å². The molecule has 0 N–H and O–H groups in total. The molecule has 1 aromatic carbocycles. The molecule has 1 atom stereocenters. The first-order valence-corrected chi connectivity index (χ1v) is 9.13. The lowest BCUT2D eigenvalue weighted by molar-refractivity contribution is -0.137. The van der Waals surface area contributed by atoms with E-state index in [4.69, 9.17) is 4.74 Å². The van der Waals surface area contributed by atoms with E-state index >= 15 is 0 Å². The molecule has 5 heteroatoms. The van der Waals surface area contributed by atoms with E-state index in [0.29, 0.717) is 25.8 Å². The minimum absolute atomic E-state index is 0.243. The summed E-state index contributed by atoms with van der Waals surface area (Å²) in [4.78, 5) is 16.8. The number of nitrogens with zero attached hydrogens (tertiary/aromatic N) is 2. The van der Waals surface area contributed by atoms with Crippen molar-refractivity contribution < 1.29 is 9.53 Å². The van der Waals surface area contributed by atoms with E-state index in [9.17, 15) is 4.79 Å². The summed E-state index contributed by atoms with van der Waals surface area (Å²) in [7, 11) is 0. The Labute approximate surface area is 136 Å². The van der Waals surface area contributed by atoms with E-state index in [-0.39, 0.29) is 5.91 Å². The van der Waals surface area contributed by atoms with Crippen LogP contribution >= 0.6 is 11.8 Å². The summed E-state index contributed by atoms with van der Waals surface area (Å²) in [6.07, 6.45) is 0. The van der Waals surface area contributed by atoms with Crippen LogP contribution in [0.2, 0.25) is 0 Å². The number of morpholine rings is 1. The molecular formula is C17H24N2O2S. The van der Waals surface area contributed by atoms with Crippen molar-refractivity contribution in [2.75, 3.05) is 50.9 Å². The van der Waals surface area contributed by atoms with Gasteiger partial charge in [0.25, 0.3) is 0 Å². The maximum atomic E-state index is 12.5. The van der Waals surface area contributed by atoms with Crippen LogP contribution in [0.15, 0.2) is 24.3 Å². The lowest BCUT2D eigenvalue weighted by Gasteiger charge is -2.37. The van der Waals surface area contributed by atoms with Crippen molar-refractivity contribution in [1.29, 1.82) is 0 Å². The van der Waals surface area contributed by atoms with Crippen molar-refractivity contribution in [3.05, 3.63) is 35.4 Å². The Hall–Kier alpha value is -1.04. The lowest BCUT2D eigenvalue weighted by Crippen LogP contribution is -2.48. The highest BCUT2D eigenvalue weighted by Crippen LogP contribution is 2.29. The number of carbonyl (C=O) groups is 1. The Morgan fingerprint density at radius 1 is 1.23 bits per heavy atom. The first-order valence-electron chi connectivity index (χ1n) is 7.98. The Morgan fingerprint density at radius 3 is 2.68 bits per heavy atom. The molecule has 120 valence electrons. The van der Waals surface area contributed by atoms with Gasteiger partial charge in [0.15, 0.2) is 0 Å². The first-order chi connectivity index (χ1) is 10.7. The van der Waals surface area contributed by atoms with Crippen molar-refractivity contribution in [2.24, 2.45) is 0 Å². The van der Waals surface area contributed by atoms with Crippen molar-refractivity contribution in [3.8, 4) is 0 Å². The van der Waals surface area contributed by atoms with E-state index < -0.39 is 0 Å². The summed E-state index contributed by atoms with van der Waals surface area (Å²) in [5.41, 5.74) is 2.61. The summed E-state index contributed by atoms with van der Waals surface area (Å²) in [6.45, 7) is 6.43. The molecule has 2 saturated heterocycles. The monoisotopic (exact) mass is 320 g/mol. The highest BCUT2D eigenvalue weighted by molar-refractivity contribution is 7.99. The second-order valence-corrected chi connectivity index (χ2v) is 7.11. The molecule has 2 aliphatic heterocycles. The van der Waals surface area contributed by atoms with Crippen molar-refractivity contribution in [3.63, 3.8) is 0 Å². The van der Waals surface area contributed by atoms with Gasteiger partial charge in [-0.25, -0.2) is 0 Å². The molecule has 0 spiro atoms. The standard InChI is InChI=1S/C17H24N2O2S/c1-14-2-4-15(5-3-14)16-13-22-11-8-19(16)12-17(20)18-6-9-21-10-7-18/h2-5,16H,6-13H2,1H3/t16-/m1/s1. The van der Waals surface area contributed by atoms with Crippen LogP contribution in [-0.4, -0.2) is 66.6 Å². The quantitative estimate of drug-likeness (QED) is 0.852. The normalized spacial score (nSPS) is 23.5. The number of hydrogen-bond acceptors (Lipinski definition) is 4. The van der Waals surface area contributed by atoms with Crippen LogP contribution in [0.1, 0.15) is 17.2 Å². The van der Waals surface area contributed by atoms with E-state index in [1.807, 2.05) is 16.7 Å². The summed E-state index contributed by atoms with van der Waals surface area (Å²) in [6, 6.07) is 9.09. The fraction of sp³-hybridized carbons (Fsp3) is 0.588. The number of aryl methyl sites for hydroxylation is 1. The molecule has 0 bridgehead atoms. The van der Waals surface area contributed by atoms with Gasteiger partial charge in [0.1, 0.15) is 0 Å². The molecule has 0 unspecified atom stereocenters. The summed E-state index contributed by atoms with van der Waals surface area (Å²) < 4.78 is 5.33. The Bertz CT molecular complexity index is 500. The molecule has 2 aliphatic rings. The molecule has 3 rings (SSSR count). The van der Waals surface area contributed by atoms with Gasteiger partial charge >= 0.3 is 0 Å². The van der Waals surface area contributed by atoms with Gasteiger partial charge in [-0.15, -0.1) is 0 Å². The van der Waals surface area contributed by atoms with Crippen molar-refractivity contribution in [2.45, 2.75) is 13.0 Å². The van der Waals surface area contributed by atoms with Gasteiger partial charge in [-0.3, -0.25) is 9.69 Å². The lowest BCUT2D eigenvalue weighted by atomic mass is 10.0. The van der Waals surface area contributed by atoms with Crippen molar-refractivity contribution in [1.82, 2.24) is 9.80 Å². The number of carbonyl (C=O) groups excluding carboxylic acids is 1. The zero-order chi connectivity index (χ0) is 15.4. The Morgan fingerprint density at radius 2 is 1.95 bits per heavy atom. The molecule has 2 heterocycles. The number of rotatable bonds is 3. The summed E-state index contributed by atoms with van der Waals surface area (Å²) in [5, 5.41) is 0. The first kappa shape index (κ1) is 15.8. The van der Waals surface area contributed by atoms with Gasteiger partial charge in [0.2, 0.25) is 5.91 Å². The summed E-state index contributed by atoms with van der Waals surface area (Å²) >= 11 is 1.98. The van der Waals surface area contributed by atoms with E-state index in [2.05, 4.69) is 36.1 Å². The average Bonchev–Trinajstić information content (AvgIpc) is 2.57. The zero-order valence-electron chi connectivity index (χ0n) is 13.2. The molecule has 1 aromatic rings. The molecule has 4 nitrogen and oxygen atoms in total. The van der Waals surface area contributed by atoms with E-state index in [1.165, 1.54) is 11.1 Å². The van der Waals surface area contributed by atoms with E-state index in [1.54, 1.807) is 0 Å². The van der Waals surface area contributed by atoms with Crippen molar-refractivity contribution >= 4 is 17.7 Å². The molecule has 1 amide bonds. The predicted octanol–water partition coefficient (Wildman–Crippen LogP) is 1.94. The maximum absolute atomic E-state index is 12.5. The van der Waals surface area contributed by atoms with E-state index in [0.717, 1.165) is 31.1 Å². The van der Waals surface area contributed by atoms with Gasteiger partial charge in [-0.05, 0) is 12.5 Å². The molecule has 0 aliphatic carbocycles. The van der Waals surface area contributed by atoms with Crippen LogP contribution in [-0.2, 0) is 9.53 Å². The van der Waals surface area contributed by atoms with Gasteiger partial charge < -0.3 is 9.64 Å². The fourth-order valence-corrected chi connectivity index (χ4v) is 4.17. The second-order valence-electron chi connectivity index (χ2n) is 5.97. The average molecular weight is 320 g/mol. The number of hydrogen-bond donors (Lipinski definition) is 0. The highest BCUT2D eigenvalue weighted by Gasteiger charge is 2.28. The number of benzene rings is 1. The highest BCUT2D eigenvalue weighted by atomic mass is 32.2. The Kier molecular flexibility index (Phi) is 5.39. The predicted molar refractivity (Wildman–Crippen MR) is 90.2 cm³/mol. The molecule has 0 aromatic heterocycles. The molecule has 2 fully saturated rings. The minimum atomic E-state index is 0.243. The number of amides is 1. The van der Waals surface area contributed by atoms with Gasteiger partial charge in [0, 0.05) is 37.2 Å². The maximum Gasteiger partial charge on any atom is 0.236 e. The van der Waals surface area contributed by atoms with Gasteiger partial charge in [-0.2, -0.15) is 11.8 Å². The molecular weight excluding hydrogens is 296 g/mol. The number of thioether (sulfide) groups is 1. The second kappa shape index (κ2) is 7.49. The smallest absolute Gasteiger partial charge is 0.236 e. The van der Waals surface area contributed by atoms with Crippen LogP contribution in [0.5, 0.6) is 0 Å².